The van der Waals surface area contributed by atoms with Crippen molar-refractivity contribution in [3.05, 3.63) is 82.9 Å². The van der Waals surface area contributed by atoms with Crippen LogP contribution < -0.4 is 27.0 Å². The van der Waals surface area contributed by atoms with Gasteiger partial charge >= 0.3 is 0 Å². The first-order chi connectivity index (χ1) is 22.8. The molecule has 0 spiro atoms. The Bertz CT molecular complexity index is 1730. The van der Waals surface area contributed by atoms with Crippen LogP contribution in [0.2, 0.25) is 0 Å². The summed E-state index contributed by atoms with van der Waals surface area (Å²) in [5.74, 6) is -1.88. The van der Waals surface area contributed by atoms with Crippen LogP contribution in [0.25, 0.3) is 10.8 Å². The summed E-state index contributed by atoms with van der Waals surface area (Å²) >= 11 is 0. The van der Waals surface area contributed by atoms with Gasteiger partial charge in [-0.15, -0.1) is 0 Å². The lowest BCUT2D eigenvalue weighted by atomic mass is 9.85. The van der Waals surface area contributed by atoms with Crippen molar-refractivity contribution in [1.82, 2.24) is 26.2 Å². The van der Waals surface area contributed by atoms with Gasteiger partial charge in [-0.25, -0.2) is 0 Å². The molecule has 0 aromatic heterocycles. The Morgan fingerprint density at radius 1 is 0.917 bits per heavy atom. The molecule has 2 aliphatic rings. The zero-order chi connectivity index (χ0) is 34.7. The fraction of sp³-hybridized carbons (Fsp3) is 0.432. The number of hydrogen-bond acceptors (Lipinski definition) is 6. The van der Waals surface area contributed by atoms with E-state index in [4.69, 9.17) is 5.73 Å². The third-order valence-corrected chi connectivity index (χ3v) is 9.52. The Labute approximate surface area is 281 Å². The number of rotatable bonds is 9. The number of nitrogens with zero attached hydrogens (tertiary/aromatic N) is 1. The Morgan fingerprint density at radius 3 is 2.25 bits per heavy atom. The van der Waals surface area contributed by atoms with E-state index in [1.807, 2.05) is 39.0 Å². The molecule has 5 amide bonds. The molecule has 3 aromatic carbocycles. The second-order valence-corrected chi connectivity index (χ2v) is 14.0. The van der Waals surface area contributed by atoms with Crippen LogP contribution in [0, 0.1) is 5.41 Å². The molecule has 48 heavy (non-hydrogen) atoms. The van der Waals surface area contributed by atoms with Crippen LogP contribution >= 0.6 is 0 Å². The van der Waals surface area contributed by atoms with Crippen molar-refractivity contribution in [3.63, 3.8) is 0 Å². The van der Waals surface area contributed by atoms with Gasteiger partial charge in [-0.3, -0.25) is 24.0 Å². The second-order valence-electron chi connectivity index (χ2n) is 14.0. The summed E-state index contributed by atoms with van der Waals surface area (Å²) < 4.78 is 0. The number of aryl methyl sites for hydroxylation is 1. The van der Waals surface area contributed by atoms with Crippen molar-refractivity contribution in [2.24, 2.45) is 11.1 Å². The average Bonchev–Trinajstić information content (AvgIpc) is 3.49. The first-order valence-electron chi connectivity index (χ1n) is 16.6. The smallest absolute Gasteiger partial charge is 0.251 e. The Balaban J connectivity index is 1.40. The number of nitrogens with one attached hydrogen (secondary N) is 4. The average molecular weight is 655 g/mol. The molecule has 0 unspecified atom stereocenters. The predicted molar refractivity (Wildman–Crippen MR) is 184 cm³/mol. The lowest BCUT2D eigenvalue weighted by Crippen LogP contribution is -2.59. The van der Waals surface area contributed by atoms with E-state index in [9.17, 15) is 24.0 Å². The number of primary amides is 1. The van der Waals surface area contributed by atoms with E-state index in [0.717, 1.165) is 35.6 Å². The molecule has 0 bridgehead atoms. The van der Waals surface area contributed by atoms with Crippen LogP contribution in [0.4, 0.5) is 0 Å². The number of carbonyl (C=O) groups excluding carboxylic acids is 5. The van der Waals surface area contributed by atoms with Gasteiger partial charge in [-0.1, -0.05) is 57.2 Å². The molecule has 11 nitrogen and oxygen atoms in total. The van der Waals surface area contributed by atoms with Crippen LogP contribution in [0.1, 0.15) is 84.8 Å². The molecule has 1 aliphatic carbocycles. The zero-order valence-electron chi connectivity index (χ0n) is 28.3. The van der Waals surface area contributed by atoms with Gasteiger partial charge in [0.05, 0.1) is 12.1 Å². The Kier molecular flexibility index (Phi) is 10.2. The van der Waals surface area contributed by atoms with Gasteiger partial charge in [0.15, 0.2) is 0 Å². The molecule has 11 heteroatoms. The van der Waals surface area contributed by atoms with Crippen molar-refractivity contribution >= 4 is 40.3 Å². The summed E-state index contributed by atoms with van der Waals surface area (Å²) in [4.78, 5) is 68.0. The minimum atomic E-state index is -0.910. The first kappa shape index (κ1) is 34.6. The van der Waals surface area contributed by atoms with E-state index in [1.54, 1.807) is 50.4 Å². The van der Waals surface area contributed by atoms with E-state index in [1.165, 1.54) is 10.5 Å². The Morgan fingerprint density at radius 2 is 1.58 bits per heavy atom. The van der Waals surface area contributed by atoms with Gasteiger partial charge in [-0.2, -0.15) is 0 Å². The predicted octanol–water partition coefficient (Wildman–Crippen LogP) is 2.97. The summed E-state index contributed by atoms with van der Waals surface area (Å²) in [5, 5.41) is 13.6. The van der Waals surface area contributed by atoms with Gasteiger partial charge in [-0.05, 0) is 91.2 Å². The molecule has 1 aliphatic heterocycles. The SMILES string of the molecule is CN[C@@H](C)C(=O)N[C@H](C(=O)N1C[C@@H](NC(=O)c2ccc3cc(C(N)=O)ccc3c2)C[C@H]1C(=O)N[C@@H]1CCCc2ccccc21)C(C)(C)C. The van der Waals surface area contributed by atoms with Crippen LogP contribution in [-0.2, 0) is 20.8 Å². The number of likely N-dealkylation sites (N-methyl/N-ethyl adjacent to an activating group) is 1. The third kappa shape index (κ3) is 7.52. The van der Waals surface area contributed by atoms with Crippen LogP contribution in [0.15, 0.2) is 60.7 Å². The van der Waals surface area contributed by atoms with E-state index < -0.39 is 35.5 Å². The van der Waals surface area contributed by atoms with Crippen molar-refractivity contribution in [2.45, 2.75) is 83.6 Å². The molecule has 1 fully saturated rings. The fourth-order valence-electron chi connectivity index (χ4n) is 6.63. The summed E-state index contributed by atoms with van der Waals surface area (Å²) in [7, 11) is 1.67. The maximum Gasteiger partial charge on any atom is 0.251 e. The molecular formula is C37H46N6O5. The van der Waals surface area contributed by atoms with Crippen LogP contribution in [0.5, 0.6) is 0 Å². The van der Waals surface area contributed by atoms with Crippen molar-refractivity contribution < 1.29 is 24.0 Å². The van der Waals surface area contributed by atoms with Crippen molar-refractivity contribution in [3.8, 4) is 0 Å². The zero-order valence-corrected chi connectivity index (χ0v) is 28.3. The summed E-state index contributed by atoms with van der Waals surface area (Å²) in [5.41, 5.74) is 7.82. The van der Waals surface area contributed by atoms with Crippen molar-refractivity contribution in [2.75, 3.05) is 13.6 Å². The number of nitrogens with two attached hydrogens (primary N) is 1. The monoisotopic (exact) mass is 654 g/mol. The maximum absolute atomic E-state index is 14.3. The lowest BCUT2D eigenvalue weighted by Gasteiger charge is -2.36. The minimum absolute atomic E-state index is 0.101. The van der Waals surface area contributed by atoms with E-state index in [2.05, 4.69) is 27.3 Å². The number of hydrogen-bond donors (Lipinski definition) is 5. The maximum atomic E-state index is 14.3. The highest BCUT2D eigenvalue weighted by Crippen LogP contribution is 2.31. The van der Waals surface area contributed by atoms with Crippen molar-refractivity contribution in [1.29, 1.82) is 0 Å². The second kappa shape index (κ2) is 14.1. The van der Waals surface area contributed by atoms with Gasteiger partial charge in [0.2, 0.25) is 23.6 Å². The molecule has 1 heterocycles. The van der Waals surface area contributed by atoms with Gasteiger partial charge in [0.1, 0.15) is 12.1 Å². The van der Waals surface area contributed by atoms with Crippen LogP contribution in [-0.4, -0.2) is 72.2 Å². The number of likely N-dealkylation sites (tertiary alicyclic amines) is 1. The quantitative estimate of drug-likeness (QED) is 0.238. The van der Waals surface area contributed by atoms with Gasteiger partial charge in [0, 0.05) is 23.7 Å². The van der Waals surface area contributed by atoms with E-state index in [-0.39, 0.29) is 42.6 Å². The molecule has 0 radical (unpaired) electrons. The fourth-order valence-corrected chi connectivity index (χ4v) is 6.63. The third-order valence-electron chi connectivity index (χ3n) is 9.52. The number of fused-ring (bicyclic) bond motifs is 2. The summed E-state index contributed by atoms with van der Waals surface area (Å²) in [6, 6.07) is 15.3. The molecule has 1 saturated heterocycles. The normalized spacial score (nSPS) is 20.4. The molecule has 254 valence electrons. The highest BCUT2D eigenvalue weighted by molar-refractivity contribution is 6.02. The lowest BCUT2D eigenvalue weighted by molar-refractivity contribution is -0.144. The van der Waals surface area contributed by atoms with E-state index in [0.29, 0.717) is 11.1 Å². The highest BCUT2D eigenvalue weighted by Gasteiger charge is 2.46. The summed E-state index contributed by atoms with van der Waals surface area (Å²) in [6.07, 6.45) is 2.88. The minimum Gasteiger partial charge on any atom is -0.366 e. The van der Waals surface area contributed by atoms with Gasteiger partial charge in [0.25, 0.3) is 5.91 Å². The highest BCUT2D eigenvalue weighted by atomic mass is 16.2. The Hall–Kier alpha value is -4.77. The first-order valence-corrected chi connectivity index (χ1v) is 16.6. The van der Waals surface area contributed by atoms with E-state index >= 15 is 0 Å². The van der Waals surface area contributed by atoms with Gasteiger partial charge < -0.3 is 31.9 Å². The molecule has 6 N–H and O–H groups in total. The molecule has 3 aromatic rings. The molecule has 0 saturated carbocycles. The number of carbonyl (C=O) groups is 5. The van der Waals surface area contributed by atoms with Crippen LogP contribution in [0.3, 0.4) is 0 Å². The molecule has 5 atom stereocenters. The standard InChI is InChI=1S/C37H46N6O5/c1-21(39-5)33(45)42-31(37(2,3)4)36(48)43-20-27(19-30(43)35(47)41-29-12-8-10-22-9-6-7-11-28(22)29)40-34(46)26-16-14-23-17-25(32(38)44)15-13-24(23)18-26/h6-7,9,11,13-18,21,27,29-31,39H,8,10,12,19-20H2,1-5H3,(H2,38,44)(H,40,46)(H,41,47)(H,42,45)/t21-,27-,29+,30-,31+/m0/s1. The molecule has 5 rings (SSSR count). The topological polar surface area (TPSA) is 163 Å². The number of benzene rings is 3. The molecular weight excluding hydrogens is 608 g/mol. The summed E-state index contributed by atoms with van der Waals surface area (Å²) in [6.45, 7) is 7.42. The largest absolute Gasteiger partial charge is 0.366 e. The number of amides is 5.